The highest BCUT2D eigenvalue weighted by atomic mass is 16.6. The maximum absolute atomic E-state index is 12.5. The molecule has 1 aliphatic heterocycles. The van der Waals surface area contributed by atoms with Crippen molar-refractivity contribution in [1.29, 1.82) is 0 Å². The molecule has 7 nitrogen and oxygen atoms in total. The summed E-state index contributed by atoms with van der Waals surface area (Å²) in [5, 5.41) is 3.14. The number of ether oxygens (including phenoxy) is 1. The number of hydrogen-bond acceptors (Lipinski definition) is 5. The molecule has 1 N–H and O–H groups in total. The number of rotatable bonds is 4. The zero-order valence-electron chi connectivity index (χ0n) is 19.2. The van der Waals surface area contributed by atoms with Crippen molar-refractivity contribution in [3.8, 4) is 0 Å². The number of hydrogen-bond donors (Lipinski definition) is 1. The Labute approximate surface area is 174 Å². The van der Waals surface area contributed by atoms with Gasteiger partial charge in [-0.05, 0) is 27.2 Å². The van der Waals surface area contributed by atoms with Gasteiger partial charge >= 0.3 is 6.09 Å². The lowest BCUT2D eigenvalue weighted by atomic mass is 9.79. The van der Waals surface area contributed by atoms with Gasteiger partial charge in [0, 0.05) is 42.8 Å². The van der Waals surface area contributed by atoms with Gasteiger partial charge in [0.05, 0.1) is 6.20 Å². The van der Waals surface area contributed by atoms with Crippen molar-refractivity contribution in [2.24, 2.45) is 5.41 Å². The fourth-order valence-corrected chi connectivity index (χ4v) is 3.37. The first-order valence-corrected chi connectivity index (χ1v) is 10.4. The van der Waals surface area contributed by atoms with Crippen molar-refractivity contribution in [1.82, 2.24) is 15.2 Å². The molecule has 0 spiro atoms. The number of piperidine rings is 1. The van der Waals surface area contributed by atoms with E-state index in [1.165, 1.54) is 0 Å². The lowest BCUT2D eigenvalue weighted by Gasteiger charge is -2.44. The summed E-state index contributed by atoms with van der Waals surface area (Å²) < 4.78 is 11.2. The molecular weight excluding hydrogens is 370 g/mol. The van der Waals surface area contributed by atoms with Gasteiger partial charge in [0.15, 0.2) is 5.89 Å². The van der Waals surface area contributed by atoms with E-state index in [0.29, 0.717) is 38.2 Å². The first kappa shape index (κ1) is 23.2. The molecule has 1 fully saturated rings. The van der Waals surface area contributed by atoms with E-state index in [0.717, 1.165) is 5.76 Å². The van der Waals surface area contributed by atoms with Gasteiger partial charge in [-0.1, -0.05) is 34.6 Å². The van der Waals surface area contributed by atoms with Crippen molar-refractivity contribution < 1.29 is 18.7 Å². The predicted molar refractivity (Wildman–Crippen MR) is 112 cm³/mol. The molecule has 0 radical (unpaired) electrons. The Bertz CT molecular complexity index is 725. The van der Waals surface area contributed by atoms with Crippen molar-refractivity contribution in [2.75, 3.05) is 13.1 Å². The molecule has 29 heavy (non-hydrogen) atoms. The van der Waals surface area contributed by atoms with E-state index in [4.69, 9.17) is 9.15 Å². The highest BCUT2D eigenvalue weighted by Crippen LogP contribution is 2.30. The van der Waals surface area contributed by atoms with Gasteiger partial charge in [-0.25, -0.2) is 9.78 Å². The van der Waals surface area contributed by atoms with Crippen molar-refractivity contribution in [3.63, 3.8) is 0 Å². The zero-order valence-corrected chi connectivity index (χ0v) is 19.2. The third-order valence-electron chi connectivity index (χ3n) is 5.07. The lowest BCUT2D eigenvalue weighted by Crippen LogP contribution is -2.57. The number of likely N-dealkylation sites (tertiary alicyclic amines) is 1. The molecule has 0 bridgehead atoms. The highest BCUT2D eigenvalue weighted by Gasteiger charge is 2.39. The Morgan fingerprint density at radius 1 is 1.28 bits per heavy atom. The highest BCUT2D eigenvalue weighted by molar-refractivity contribution is 5.76. The van der Waals surface area contributed by atoms with E-state index in [9.17, 15) is 9.59 Å². The van der Waals surface area contributed by atoms with Gasteiger partial charge in [-0.2, -0.15) is 0 Å². The first-order chi connectivity index (χ1) is 13.2. The van der Waals surface area contributed by atoms with Crippen LogP contribution in [0.1, 0.15) is 79.9 Å². The van der Waals surface area contributed by atoms with E-state index in [1.807, 2.05) is 20.8 Å². The molecule has 1 aromatic heterocycles. The van der Waals surface area contributed by atoms with Gasteiger partial charge in [0.25, 0.3) is 0 Å². The molecule has 1 saturated heterocycles. The molecule has 0 aromatic carbocycles. The number of nitrogens with one attached hydrogen (secondary N) is 1. The number of carbonyl (C=O) groups is 2. The van der Waals surface area contributed by atoms with Crippen LogP contribution in [0.2, 0.25) is 0 Å². The Balaban J connectivity index is 1.86. The Morgan fingerprint density at radius 2 is 1.93 bits per heavy atom. The molecular formula is C22H37N3O4. The normalized spacial score (nSPS) is 19.7. The van der Waals surface area contributed by atoms with Crippen molar-refractivity contribution in [3.05, 3.63) is 17.8 Å². The number of aromatic nitrogens is 1. The Morgan fingerprint density at radius 3 is 2.45 bits per heavy atom. The van der Waals surface area contributed by atoms with E-state index in [-0.39, 0.29) is 28.9 Å². The molecule has 7 heteroatoms. The minimum atomic E-state index is -0.515. The van der Waals surface area contributed by atoms with Crippen LogP contribution in [0.15, 0.2) is 10.6 Å². The summed E-state index contributed by atoms with van der Waals surface area (Å²) in [5.41, 5.74) is -0.855. The third kappa shape index (κ3) is 6.75. The zero-order chi connectivity index (χ0) is 22.0. The second-order valence-corrected chi connectivity index (χ2v) is 10.7. The summed E-state index contributed by atoms with van der Waals surface area (Å²) in [5.74, 6) is 1.39. The Hall–Kier alpha value is -2.05. The number of oxazole rings is 1. The van der Waals surface area contributed by atoms with Crippen LogP contribution in [0.4, 0.5) is 4.79 Å². The minimum Gasteiger partial charge on any atom is -0.445 e. The summed E-state index contributed by atoms with van der Waals surface area (Å²) in [4.78, 5) is 30.9. The molecule has 2 amide bonds. The topological polar surface area (TPSA) is 84.7 Å². The third-order valence-corrected chi connectivity index (χ3v) is 5.07. The predicted octanol–water partition coefficient (Wildman–Crippen LogP) is 4.06. The maximum atomic E-state index is 12.5. The second kappa shape index (κ2) is 8.36. The summed E-state index contributed by atoms with van der Waals surface area (Å²) in [6, 6.07) is 0.00313. The van der Waals surface area contributed by atoms with Gasteiger partial charge in [0.1, 0.15) is 11.4 Å². The molecule has 0 unspecified atom stereocenters. The van der Waals surface area contributed by atoms with Gasteiger partial charge in [-0.3, -0.25) is 4.79 Å². The summed E-state index contributed by atoms with van der Waals surface area (Å²) >= 11 is 0. The summed E-state index contributed by atoms with van der Waals surface area (Å²) in [7, 11) is 0. The van der Waals surface area contributed by atoms with Crippen LogP contribution in [0.3, 0.4) is 0 Å². The quantitative estimate of drug-likeness (QED) is 0.814. The SMILES string of the molecule is CC(C)(C)OC(=O)N1CC[C@H](NC(=O)CCc2ncc(C(C)(C)C)o2)C(C)(C)C1. The molecule has 2 heterocycles. The van der Waals surface area contributed by atoms with Crippen molar-refractivity contribution in [2.45, 2.75) is 91.7 Å². The number of nitrogens with zero attached hydrogens (tertiary/aromatic N) is 2. The van der Waals surface area contributed by atoms with Crippen molar-refractivity contribution >= 4 is 12.0 Å². The van der Waals surface area contributed by atoms with Gasteiger partial charge in [-0.15, -0.1) is 0 Å². The average Bonchev–Trinajstić information content (AvgIpc) is 3.02. The number of amides is 2. The van der Waals surface area contributed by atoms with Crippen LogP contribution >= 0.6 is 0 Å². The maximum Gasteiger partial charge on any atom is 0.410 e. The lowest BCUT2D eigenvalue weighted by molar-refractivity contribution is -0.123. The smallest absolute Gasteiger partial charge is 0.410 e. The summed E-state index contributed by atoms with van der Waals surface area (Å²) in [6.07, 6.45) is 2.94. The van der Waals surface area contributed by atoms with Gasteiger partial charge in [0.2, 0.25) is 5.91 Å². The molecule has 1 atom stereocenters. The van der Waals surface area contributed by atoms with Crippen LogP contribution in [-0.2, 0) is 21.4 Å². The average molecular weight is 408 g/mol. The van der Waals surface area contributed by atoms with E-state index in [1.54, 1.807) is 11.1 Å². The molecule has 1 aliphatic rings. The molecule has 164 valence electrons. The summed E-state index contributed by atoms with van der Waals surface area (Å²) in [6.45, 7) is 17.0. The fraction of sp³-hybridized carbons (Fsp3) is 0.773. The van der Waals surface area contributed by atoms with Crippen LogP contribution in [-0.4, -0.2) is 46.6 Å². The second-order valence-electron chi connectivity index (χ2n) is 10.7. The first-order valence-electron chi connectivity index (χ1n) is 10.4. The monoisotopic (exact) mass is 407 g/mol. The fourth-order valence-electron chi connectivity index (χ4n) is 3.37. The van der Waals surface area contributed by atoms with E-state index < -0.39 is 5.60 Å². The van der Waals surface area contributed by atoms with Crippen LogP contribution in [0.25, 0.3) is 0 Å². The number of aryl methyl sites for hydroxylation is 1. The number of carbonyl (C=O) groups excluding carboxylic acids is 2. The van der Waals surface area contributed by atoms with Gasteiger partial charge < -0.3 is 19.4 Å². The van der Waals surface area contributed by atoms with E-state index >= 15 is 0 Å². The molecule has 2 rings (SSSR count). The largest absolute Gasteiger partial charge is 0.445 e. The van der Waals surface area contributed by atoms with Crippen LogP contribution in [0, 0.1) is 5.41 Å². The van der Waals surface area contributed by atoms with Crippen LogP contribution in [0.5, 0.6) is 0 Å². The van der Waals surface area contributed by atoms with E-state index in [2.05, 4.69) is 44.9 Å². The minimum absolute atomic E-state index is 0.00313. The Kier molecular flexibility index (Phi) is 6.70. The molecule has 1 aromatic rings. The molecule has 0 aliphatic carbocycles. The standard InChI is InChI=1S/C22H37N3O4/c1-20(2,3)16-13-23-18(28-16)10-9-17(26)24-15-11-12-25(14-22(15,7)8)19(27)29-21(4,5)6/h13,15H,9-12,14H2,1-8H3,(H,24,26)/t15-/m0/s1. The molecule has 0 saturated carbocycles. The van der Waals surface area contributed by atoms with Crippen LogP contribution < -0.4 is 5.32 Å².